The van der Waals surface area contributed by atoms with Crippen molar-refractivity contribution in [3.8, 4) is 0 Å². The fraction of sp³-hybridized carbons (Fsp3) is 0.538. The van der Waals surface area contributed by atoms with Crippen molar-refractivity contribution in [3.05, 3.63) is 28.5 Å². The molecule has 0 spiro atoms. The first-order valence-corrected chi connectivity index (χ1v) is 6.47. The zero-order valence-corrected chi connectivity index (χ0v) is 11.0. The van der Waals surface area contributed by atoms with Gasteiger partial charge in [-0.1, -0.05) is 18.5 Å². The zero-order chi connectivity index (χ0) is 12.4. The minimum Gasteiger partial charge on any atom is -0.336 e. The molecule has 1 atom stereocenters. The molecule has 2 heterocycles. The third kappa shape index (κ3) is 2.60. The van der Waals surface area contributed by atoms with Crippen molar-refractivity contribution in [2.24, 2.45) is 0 Å². The lowest BCUT2D eigenvalue weighted by molar-refractivity contribution is 0.0747. The summed E-state index contributed by atoms with van der Waals surface area (Å²) in [5.74, 6) is 0.0778. The van der Waals surface area contributed by atoms with E-state index in [4.69, 9.17) is 11.6 Å². The summed E-state index contributed by atoms with van der Waals surface area (Å²) < 4.78 is 0. The molecular weight excluding hydrogens is 236 g/mol. The maximum atomic E-state index is 12.3. The van der Waals surface area contributed by atoms with E-state index in [9.17, 15) is 4.79 Å². The molecule has 1 aromatic rings. The van der Waals surface area contributed by atoms with Crippen LogP contribution in [0.4, 0.5) is 0 Å². The fourth-order valence-corrected chi connectivity index (χ4v) is 2.48. The van der Waals surface area contributed by atoms with Gasteiger partial charge < -0.3 is 4.90 Å². The van der Waals surface area contributed by atoms with E-state index >= 15 is 0 Å². The Bertz CT molecular complexity index is 433. The fourth-order valence-electron chi connectivity index (χ4n) is 2.26. The molecule has 1 amide bonds. The van der Waals surface area contributed by atoms with E-state index in [1.54, 1.807) is 6.07 Å². The van der Waals surface area contributed by atoms with Gasteiger partial charge in [0.2, 0.25) is 0 Å². The molecule has 1 aromatic heterocycles. The van der Waals surface area contributed by atoms with Gasteiger partial charge in [-0.05, 0) is 38.3 Å². The molecule has 2 rings (SSSR count). The molecule has 0 saturated carbocycles. The van der Waals surface area contributed by atoms with E-state index in [2.05, 4.69) is 11.9 Å². The Morgan fingerprint density at radius 3 is 2.94 bits per heavy atom. The lowest BCUT2D eigenvalue weighted by Gasteiger charge is -2.21. The molecule has 3 nitrogen and oxygen atoms in total. The Balaban J connectivity index is 2.27. The minimum absolute atomic E-state index is 0.0778. The van der Waals surface area contributed by atoms with Gasteiger partial charge in [0.05, 0.1) is 0 Å². The number of hydrogen-bond acceptors (Lipinski definition) is 2. The van der Waals surface area contributed by atoms with Crippen LogP contribution in [0.2, 0.25) is 5.15 Å². The first-order valence-electron chi connectivity index (χ1n) is 6.09. The van der Waals surface area contributed by atoms with E-state index in [0.717, 1.165) is 31.5 Å². The number of hydrogen-bond donors (Lipinski definition) is 0. The maximum absolute atomic E-state index is 12.3. The van der Waals surface area contributed by atoms with Crippen LogP contribution in [0.3, 0.4) is 0 Å². The minimum atomic E-state index is 0.0778. The van der Waals surface area contributed by atoms with Crippen LogP contribution in [-0.2, 0) is 6.42 Å². The molecule has 1 unspecified atom stereocenters. The van der Waals surface area contributed by atoms with Crippen molar-refractivity contribution in [1.29, 1.82) is 0 Å². The molecule has 92 valence electrons. The number of aryl methyl sites for hydroxylation is 1. The number of pyridine rings is 1. The van der Waals surface area contributed by atoms with Gasteiger partial charge >= 0.3 is 0 Å². The van der Waals surface area contributed by atoms with Crippen LogP contribution in [0, 0.1) is 0 Å². The summed E-state index contributed by atoms with van der Waals surface area (Å²) in [4.78, 5) is 18.4. The summed E-state index contributed by atoms with van der Waals surface area (Å²) in [7, 11) is 0. The predicted octanol–water partition coefficient (Wildman–Crippen LogP) is 2.92. The van der Waals surface area contributed by atoms with Crippen LogP contribution < -0.4 is 0 Å². The molecule has 0 aliphatic carbocycles. The number of aromatic nitrogens is 1. The number of carbonyl (C=O) groups excluding carboxylic acids is 1. The first-order chi connectivity index (χ1) is 8.11. The largest absolute Gasteiger partial charge is 0.336 e. The number of amides is 1. The molecule has 0 N–H and O–H groups in total. The summed E-state index contributed by atoms with van der Waals surface area (Å²) >= 11 is 5.93. The first kappa shape index (κ1) is 12.4. The van der Waals surface area contributed by atoms with Gasteiger partial charge in [-0.3, -0.25) is 4.79 Å². The molecule has 1 aliphatic heterocycles. The lowest BCUT2D eigenvalue weighted by atomic mass is 10.1. The van der Waals surface area contributed by atoms with Gasteiger partial charge in [-0.2, -0.15) is 0 Å². The highest BCUT2D eigenvalue weighted by molar-refractivity contribution is 6.29. The predicted molar refractivity (Wildman–Crippen MR) is 68.4 cm³/mol. The second-order valence-electron chi connectivity index (χ2n) is 4.51. The second-order valence-corrected chi connectivity index (χ2v) is 4.90. The summed E-state index contributed by atoms with van der Waals surface area (Å²) in [6.07, 6.45) is 2.97. The van der Waals surface area contributed by atoms with Gasteiger partial charge in [-0.15, -0.1) is 0 Å². The third-order valence-electron chi connectivity index (χ3n) is 3.27. The number of likely N-dealkylation sites (tertiary alicyclic amines) is 1. The highest BCUT2D eigenvalue weighted by atomic mass is 35.5. The summed E-state index contributed by atoms with van der Waals surface area (Å²) in [6.45, 7) is 4.95. The van der Waals surface area contributed by atoms with E-state index < -0.39 is 0 Å². The van der Waals surface area contributed by atoms with Crippen LogP contribution in [0.5, 0.6) is 0 Å². The van der Waals surface area contributed by atoms with Crippen LogP contribution in [-0.4, -0.2) is 28.4 Å². The third-order valence-corrected chi connectivity index (χ3v) is 3.46. The van der Waals surface area contributed by atoms with E-state index in [1.165, 1.54) is 0 Å². The number of rotatable bonds is 2. The van der Waals surface area contributed by atoms with Gasteiger partial charge in [0, 0.05) is 23.8 Å². The molecule has 1 saturated heterocycles. The second kappa shape index (κ2) is 5.05. The van der Waals surface area contributed by atoms with Crippen molar-refractivity contribution in [2.45, 2.75) is 39.2 Å². The van der Waals surface area contributed by atoms with Gasteiger partial charge in [-0.25, -0.2) is 4.98 Å². The van der Waals surface area contributed by atoms with Crippen molar-refractivity contribution >= 4 is 17.5 Å². The molecule has 1 aliphatic rings. The van der Waals surface area contributed by atoms with Crippen molar-refractivity contribution in [3.63, 3.8) is 0 Å². The SMILES string of the molecule is CCc1cc(C(=O)N2CCCC2C)cc(Cl)n1. The number of nitrogens with zero attached hydrogens (tertiary/aromatic N) is 2. The van der Waals surface area contributed by atoms with Gasteiger partial charge in [0.25, 0.3) is 5.91 Å². The molecule has 0 radical (unpaired) electrons. The quantitative estimate of drug-likeness (QED) is 0.759. The Kier molecular flexibility index (Phi) is 3.67. The summed E-state index contributed by atoms with van der Waals surface area (Å²) in [5.41, 5.74) is 1.53. The smallest absolute Gasteiger partial charge is 0.254 e. The average Bonchev–Trinajstić information content (AvgIpc) is 2.73. The molecule has 17 heavy (non-hydrogen) atoms. The topological polar surface area (TPSA) is 33.2 Å². The highest BCUT2D eigenvalue weighted by Crippen LogP contribution is 2.21. The lowest BCUT2D eigenvalue weighted by Crippen LogP contribution is -2.33. The summed E-state index contributed by atoms with van der Waals surface area (Å²) in [6, 6.07) is 3.84. The monoisotopic (exact) mass is 252 g/mol. The standard InChI is InChI=1S/C13H17ClN2O/c1-3-11-7-10(8-12(14)15-11)13(17)16-6-4-5-9(16)2/h7-9H,3-6H2,1-2H3. The van der Waals surface area contributed by atoms with Gasteiger partial charge in [0.1, 0.15) is 5.15 Å². The van der Waals surface area contributed by atoms with Crippen LogP contribution in [0.25, 0.3) is 0 Å². The Labute approximate surface area is 107 Å². The van der Waals surface area contributed by atoms with E-state index in [1.807, 2.05) is 17.9 Å². The van der Waals surface area contributed by atoms with Crippen LogP contribution >= 0.6 is 11.6 Å². The number of halogens is 1. The van der Waals surface area contributed by atoms with Crippen molar-refractivity contribution < 1.29 is 4.79 Å². The molecule has 4 heteroatoms. The normalized spacial score (nSPS) is 19.7. The Hall–Kier alpha value is -1.09. The zero-order valence-electron chi connectivity index (χ0n) is 10.2. The van der Waals surface area contributed by atoms with E-state index in [0.29, 0.717) is 16.8 Å². The van der Waals surface area contributed by atoms with Crippen molar-refractivity contribution in [2.75, 3.05) is 6.54 Å². The molecule has 0 bridgehead atoms. The van der Waals surface area contributed by atoms with Gasteiger partial charge in [0.15, 0.2) is 0 Å². The van der Waals surface area contributed by atoms with Crippen molar-refractivity contribution in [1.82, 2.24) is 9.88 Å². The highest BCUT2D eigenvalue weighted by Gasteiger charge is 2.26. The average molecular weight is 253 g/mol. The molecular formula is C13H17ClN2O. The molecule has 1 fully saturated rings. The summed E-state index contributed by atoms with van der Waals surface area (Å²) in [5, 5.41) is 0.402. The number of carbonyl (C=O) groups is 1. The Morgan fingerprint density at radius 2 is 2.35 bits per heavy atom. The van der Waals surface area contributed by atoms with E-state index in [-0.39, 0.29) is 5.91 Å². The maximum Gasteiger partial charge on any atom is 0.254 e. The van der Waals surface area contributed by atoms with Crippen LogP contribution in [0.1, 0.15) is 42.7 Å². The Morgan fingerprint density at radius 1 is 1.59 bits per heavy atom. The van der Waals surface area contributed by atoms with Crippen LogP contribution in [0.15, 0.2) is 12.1 Å². The molecule has 0 aromatic carbocycles.